The molecule has 3 nitrogen and oxygen atoms in total. The van der Waals surface area contributed by atoms with E-state index in [2.05, 4.69) is 131 Å². The Labute approximate surface area is 236 Å². The van der Waals surface area contributed by atoms with Gasteiger partial charge in [0.1, 0.15) is 0 Å². The summed E-state index contributed by atoms with van der Waals surface area (Å²) in [4.78, 5) is 4.24. The van der Waals surface area contributed by atoms with Crippen LogP contribution in [0.4, 0.5) is 5.82 Å². The number of aromatic nitrogens is 1. The first-order valence-corrected chi connectivity index (χ1v) is 13.7. The SMILES string of the molecule is C=C/C=C\C(CN=Nc1ccccn1)Cc1ccc(C2(c3ccccc3)c3ccccc3-c3ccccc32)cc1. The number of benzene rings is 4. The van der Waals surface area contributed by atoms with Gasteiger partial charge < -0.3 is 0 Å². The first-order chi connectivity index (χ1) is 19.8. The lowest BCUT2D eigenvalue weighted by Crippen LogP contribution is -2.28. The zero-order chi connectivity index (χ0) is 27.2. The second-order valence-corrected chi connectivity index (χ2v) is 10.1. The number of azo groups is 1. The lowest BCUT2D eigenvalue weighted by molar-refractivity contribution is 0.643. The maximum Gasteiger partial charge on any atom is 0.173 e. The molecule has 0 saturated carbocycles. The predicted octanol–water partition coefficient (Wildman–Crippen LogP) is 9.13. The molecule has 194 valence electrons. The minimum Gasteiger partial charge on any atom is -0.236 e. The molecule has 1 aliphatic carbocycles. The molecular formula is C37H31N3. The maximum absolute atomic E-state index is 4.45. The molecule has 0 saturated heterocycles. The summed E-state index contributed by atoms with van der Waals surface area (Å²) in [5, 5.41) is 8.75. The summed E-state index contributed by atoms with van der Waals surface area (Å²) in [5.41, 5.74) is 8.71. The lowest BCUT2D eigenvalue weighted by Gasteiger charge is -2.34. The van der Waals surface area contributed by atoms with Crippen LogP contribution in [-0.2, 0) is 11.8 Å². The highest BCUT2D eigenvalue weighted by Crippen LogP contribution is 2.55. The standard InChI is InChI=1S/C37H31N3/c1-2-3-13-29(27-39-40-36-20-11-12-25-38-36)26-28-21-23-31(24-22-28)37(30-14-5-4-6-15-30)34-18-9-7-16-32(34)33-17-8-10-19-35(33)37/h2-25,29H,1,26-27H2/b13-3-,40-39?. The van der Waals surface area contributed by atoms with Crippen molar-refractivity contribution in [3.05, 3.63) is 180 Å². The summed E-state index contributed by atoms with van der Waals surface area (Å²) in [6, 6.07) is 43.4. The van der Waals surface area contributed by atoms with Crippen LogP contribution in [0.2, 0.25) is 0 Å². The van der Waals surface area contributed by atoms with Crippen molar-refractivity contribution in [1.82, 2.24) is 4.98 Å². The molecule has 1 heterocycles. The molecule has 0 fully saturated rings. The molecule has 0 N–H and O–H groups in total. The van der Waals surface area contributed by atoms with Crippen LogP contribution < -0.4 is 0 Å². The molecule has 6 rings (SSSR count). The Morgan fingerprint density at radius 2 is 1.32 bits per heavy atom. The Morgan fingerprint density at radius 3 is 1.98 bits per heavy atom. The number of pyridine rings is 1. The fourth-order valence-corrected chi connectivity index (χ4v) is 5.97. The number of nitrogens with zero attached hydrogens (tertiary/aromatic N) is 3. The van der Waals surface area contributed by atoms with Gasteiger partial charge in [-0.2, -0.15) is 5.11 Å². The molecule has 0 bridgehead atoms. The molecule has 1 aromatic heterocycles. The number of allylic oxidation sites excluding steroid dienone is 2. The van der Waals surface area contributed by atoms with E-state index >= 15 is 0 Å². The van der Waals surface area contributed by atoms with Crippen LogP contribution >= 0.6 is 0 Å². The highest BCUT2D eigenvalue weighted by atomic mass is 15.1. The predicted molar refractivity (Wildman–Crippen MR) is 164 cm³/mol. The molecule has 3 heteroatoms. The van der Waals surface area contributed by atoms with Crippen molar-refractivity contribution in [3.8, 4) is 11.1 Å². The molecule has 0 amide bonds. The van der Waals surface area contributed by atoms with Crippen LogP contribution in [0.3, 0.4) is 0 Å². The van der Waals surface area contributed by atoms with Gasteiger partial charge in [0, 0.05) is 12.1 Å². The molecule has 0 aliphatic heterocycles. The summed E-state index contributed by atoms with van der Waals surface area (Å²) in [5.74, 6) is 0.828. The van der Waals surface area contributed by atoms with Gasteiger partial charge in [0.15, 0.2) is 5.82 Å². The summed E-state index contributed by atoms with van der Waals surface area (Å²) in [6.45, 7) is 4.43. The third-order valence-corrected chi connectivity index (χ3v) is 7.70. The van der Waals surface area contributed by atoms with E-state index < -0.39 is 0 Å². The first kappa shape index (κ1) is 25.4. The van der Waals surface area contributed by atoms with Crippen LogP contribution in [0, 0.1) is 5.92 Å². The quantitative estimate of drug-likeness (QED) is 0.139. The smallest absolute Gasteiger partial charge is 0.173 e. The van der Waals surface area contributed by atoms with E-state index in [9.17, 15) is 0 Å². The molecule has 4 aromatic carbocycles. The van der Waals surface area contributed by atoms with Crippen LogP contribution in [-0.4, -0.2) is 11.5 Å². The van der Waals surface area contributed by atoms with E-state index in [-0.39, 0.29) is 11.3 Å². The summed E-state index contributed by atoms with van der Waals surface area (Å²) in [7, 11) is 0. The van der Waals surface area contributed by atoms with Crippen molar-refractivity contribution in [1.29, 1.82) is 0 Å². The van der Waals surface area contributed by atoms with Gasteiger partial charge >= 0.3 is 0 Å². The molecule has 1 unspecified atom stereocenters. The minimum absolute atomic E-state index is 0.201. The van der Waals surface area contributed by atoms with E-state index in [1.54, 1.807) is 6.20 Å². The van der Waals surface area contributed by atoms with Crippen molar-refractivity contribution >= 4 is 5.82 Å². The van der Waals surface area contributed by atoms with Gasteiger partial charge in [0.25, 0.3) is 0 Å². The second kappa shape index (κ2) is 11.5. The average molecular weight is 518 g/mol. The van der Waals surface area contributed by atoms with Crippen molar-refractivity contribution in [2.24, 2.45) is 16.1 Å². The molecular weight excluding hydrogens is 486 g/mol. The van der Waals surface area contributed by atoms with Gasteiger partial charge in [-0.25, -0.2) is 4.98 Å². The number of hydrogen-bond donors (Lipinski definition) is 0. The van der Waals surface area contributed by atoms with E-state index in [0.717, 1.165) is 6.42 Å². The highest BCUT2D eigenvalue weighted by Gasteiger charge is 2.45. The Hall–Kier alpha value is -4.89. The Balaban J connectivity index is 1.36. The molecule has 1 atom stereocenters. The topological polar surface area (TPSA) is 37.6 Å². The van der Waals surface area contributed by atoms with Gasteiger partial charge in [0.2, 0.25) is 0 Å². The van der Waals surface area contributed by atoms with Gasteiger partial charge in [-0.1, -0.05) is 134 Å². The maximum atomic E-state index is 4.45. The lowest BCUT2D eigenvalue weighted by atomic mass is 9.67. The van der Waals surface area contributed by atoms with Crippen molar-refractivity contribution in [2.75, 3.05) is 6.54 Å². The normalized spacial score (nSPS) is 14.2. The molecule has 5 aromatic rings. The molecule has 0 spiro atoms. The molecule has 0 radical (unpaired) electrons. The second-order valence-electron chi connectivity index (χ2n) is 10.1. The number of rotatable bonds is 9. The van der Waals surface area contributed by atoms with Crippen LogP contribution in [0.25, 0.3) is 11.1 Å². The van der Waals surface area contributed by atoms with Crippen molar-refractivity contribution in [2.45, 2.75) is 11.8 Å². The van der Waals surface area contributed by atoms with E-state index in [1.807, 2.05) is 30.4 Å². The van der Waals surface area contributed by atoms with Crippen LogP contribution in [0.15, 0.2) is 163 Å². The number of hydrogen-bond acceptors (Lipinski definition) is 3. The van der Waals surface area contributed by atoms with Crippen LogP contribution in [0.1, 0.15) is 27.8 Å². The fraction of sp³-hybridized carbons (Fsp3) is 0.108. The summed E-state index contributed by atoms with van der Waals surface area (Å²) in [6.07, 6.45) is 8.55. The monoisotopic (exact) mass is 517 g/mol. The van der Waals surface area contributed by atoms with Gasteiger partial charge in [0.05, 0.1) is 12.0 Å². The zero-order valence-corrected chi connectivity index (χ0v) is 22.4. The van der Waals surface area contributed by atoms with Crippen molar-refractivity contribution in [3.63, 3.8) is 0 Å². The van der Waals surface area contributed by atoms with Gasteiger partial charge in [-0.3, -0.25) is 0 Å². The van der Waals surface area contributed by atoms with Crippen LogP contribution in [0.5, 0.6) is 0 Å². The third-order valence-electron chi connectivity index (χ3n) is 7.70. The van der Waals surface area contributed by atoms with E-state index in [0.29, 0.717) is 12.4 Å². The number of fused-ring (bicyclic) bond motifs is 3. The third kappa shape index (κ3) is 4.71. The van der Waals surface area contributed by atoms with E-state index in [4.69, 9.17) is 0 Å². The van der Waals surface area contributed by atoms with Gasteiger partial charge in [-0.15, -0.1) is 5.11 Å². The summed E-state index contributed by atoms with van der Waals surface area (Å²) < 4.78 is 0. The fourth-order valence-electron chi connectivity index (χ4n) is 5.97. The largest absolute Gasteiger partial charge is 0.236 e. The average Bonchev–Trinajstić information content (AvgIpc) is 3.32. The first-order valence-electron chi connectivity index (χ1n) is 13.7. The highest BCUT2D eigenvalue weighted by molar-refractivity contribution is 5.86. The Morgan fingerprint density at radius 1 is 0.700 bits per heavy atom. The summed E-state index contributed by atoms with van der Waals surface area (Å²) >= 11 is 0. The van der Waals surface area contributed by atoms with Gasteiger partial charge in [-0.05, 0) is 57.5 Å². The van der Waals surface area contributed by atoms with E-state index in [1.165, 1.54) is 38.9 Å². The Kier molecular flexibility index (Phi) is 7.28. The van der Waals surface area contributed by atoms with Crippen molar-refractivity contribution < 1.29 is 0 Å². The minimum atomic E-state index is -0.369. The Bertz CT molecular complexity index is 1610. The molecule has 1 aliphatic rings. The molecule has 40 heavy (non-hydrogen) atoms. The zero-order valence-electron chi connectivity index (χ0n) is 22.4.